The maximum Gasteiger partial charge on any atom is 0.251 e. The molecule has 0 rings (SSSR count). The predicted octanol–water partition coefficient (Wildman–Crippen LogP) is 0.544. The van der Waals surface area contributed by atoms with Gasteiger partial charge in [-0.25, -0.2) is 0 Å². The van der Waals surface area contributed by atoms with Gasteiger partial charge in [0, 0.05) is 19.8 Å². The van der Waals surface area contributed by atoms with Crippen LogP contribution in [0.4, 0.5) is 0 Å². The summed E-state index contributed by atoms with van der Waals surface area (Å²) in [6, 6.07) is -0.0538. The standard InChI is InChI=1S/C10H21NO3/c1-7(6-12)8(2)11-9(13)10(3,4)14-5/h7-8,12H,6H2,1-5H3,(H,11,13). The molecule has 0 fully saturated rings. The third kappa shape index (κ3) is 3.64. The summed E-state index contributed by atoms with van der Waals surface area (Å²) >= 11 is 0. The third-order valence-corrected chi connectivity index (χ3v) is 2.56. The van der Waals surface area contributed by atoms with Gasteiger partial charge < -0.3 is 15.2 Å². The smallest absolute Gasteiger partial charge is 0.251 e. The number of nitrogens with one attached hydrogen (secondary N) is 1. The summed E-state index contributed by atoms with van der Waals surface area (Å²) in [5.74, 6) is -0.112. The van der Waals surface area contributed by atoms with Crippen molar-refractivity contribution in [1.29, 1.82) is 0 Å². The molecule has 2 atom stereocenters. The first kappa shape index (κ1) is 13.4. The van der Waals surface area contributed by atoms with E-state index in [-0.39, 0.29) is 24.5 Å². The fraction of sp³-hybridized carbons (Fsp3) is 0.900. The van der Waals surface area contributed by atoms with Crippen LogP contribution in [0.1, 0.15) is 27.7 Å². The van der Waals surface area contributed by atoms with Crippen LogP contribution in [0.15, 0.2) is 0 Å². The Morgan fingerprint density at radius 1 is 1.50 bits per heavy atom. The fourth-order valence-corrected chi connectivity index (χ4v) is 0.774. The second-order valence-corrected chi connectivity index (χ2v) is 4.14. The Labute approximate surface area is 85.6 Å². The van der Waals surface area contributed by atoms with Gasteiger partial charge in [-0.3, -0.25) is 4.79 Å². The SMILES string of the molecule is COC(C)(C)C(=O)NC(C)C(C)CO. The van der Waals surface area contributed by atoms with Gasteiger partial charge in [0.25, 0.3) is 5.91 Å². The quantitative estimate of drug-likeness (QED) is 0.686. The van der Waals surface area contributed by atoms with E-state index >= 15 is 0 Å². The molecule has 2 N–H and O–H groups in total. The number of hydrogen-bond donors (Lipinski definition) is 2. The van der Waals surface area contributed by atoms with E-state index in [0.717, 1.165) is 0 Å². The lowest BCUT2D eigenvalue weighted by atomic mass is 10.0. The van der Waals surface area contributed by atoms with Crippen LogP contribution in [-0.4, -0.2) is 36.4 Å². The van der Waals surface area contributed by atoms with Crippen LogP contribution in [0.25, 0.3) is 0 Å². The van der Waals surface area contributed by atoms with Crippen molar-refractivity contribution in [1.82, 2.24) is 5.32 Å². The van der Waals surface area contributed by atoms with Crippen molar-refractivity contribution >= 4 is 5.91 Å². The summed E-state index contributed by atoms with van der Waals surface area (Å²) in [6.07, 6.45) is 0. The van der Waals surface area contributed by atoms with E-state index in [2.05, 4.69) is 5.32 Å². The molecule has 1 amide bonds. The molecule has 2 unspecified atom stereocenters. The zero-order valence-corrected chi connectivity index (χ0v) is 9.63. The first-order valence-corrected chi connectivity index (χ1v) is 4.82. The van der Waals surface area contributed by atoms with Crippen molar-refractivity contribution in [2.75, 3.05) is 13.7 Å². The Hall–Kier alpha value is -0.610. The van der Waals surface area contributed by atoms with E-state index in [9.17, 15) is 4.79 Å². The van der Waals surface area contributed by atoms with Gasteiger partial charge in [0.05, 0.1) is 0 Å². The Balaban J connectivity index is 4.19. The van der Waals surface area contributed by atoms with Crippen molar-refractivity contribution < 1.29 is 14.6 Å². The largest absolute Gasteiger partial charge is 0.396 e. The number of carbonyl (C=O) groups is 1. The van der Waals surface area contributed by atoms with Crippen molar-refractivity contribution in [2.45, 2.75) is 39.3 Å². The highest BCUT2D eigenvalue weighted by Gasteiger charge is 2.28. The summed E-state index contributed by atoms with van der Waals surface area (Å²) in [4.78, 5) is 11.6. The highest BCUT2D eigenvalue weighted by Crippen LogP contribution is 2.09. The Morgan fingerprint density at radius 2 is 2.00 bits per heavy atom. The van der Waals surface area contributed by atoms with Crippen LogP contribution in [0, 0.1) is 5.92 Å². The molecule has 0 radical (unpaired) electrons. The Bertz CT molecular complexity index is 192. The molecule has 0 aromatic rings. The van der Waals surface area contributed by atoms with Crippen LogP contribution in [0.2, 0.25) is 0 Å². The van der Waals surface area contributed by atoms with E-state index in [0.29, 0.717) is 0 Å². The number of ether oxygens (including phenoxy) is 1. The number of aliphatic hydroxyl groups is 1. The minimum atomic E-state index is -0.816. The minimum Gasteiger partial charge on any atom is -0.396 e. The summed E-state index contributed by atoms with van der Waals surface area (Å²) in [6.45, 7) is 7.22. The van der Waals surface area contributed by atoms with Crippen LogP contribution in [-0.2, 0) is 9.53 Å². The lowest BCUT2D eigenvalue weighted by Crippen LogP contribution is -2.49. The molecule has 0 aromatic heterocycles. The van der Waals surface area contributed by atoms with Crippen molar-refractivity contribution in [3.05, 3.63) is 0 Å². The average molecular weight is 203 g/mol. The van der Waals surface area contributed by atoms with E-state index in [1.807, 2.05) is 13.8 Å². The highest BCUT2D eigenvalue weighted by atomic mass is 16.5. The number of hydrogen-bond acceptors (Lipinski definition) is 3. The van der Waals surface area contributed by atoms with E-state index in [4.69, 9.17) is 9.84 Å². The van der Waals surface area contributed by atoms with Crippen molar-refractivity contribution in [3.63, 3.8) is 0 Å². The molecule has 84 valence electrons. The van der Waals surface area contributed by atoms with Crippen LogP contribution >= 0.6 is 0 Å². The topological polar surface area (TPSA) is 58.6 Å². The lowest BCUT2D eigenvalue weighted by Gasteiger charge is -2.26. The van der Waals surface area contributed by atoms with E-state index < -0.39 is 5.60 Å². The van der Waals surface area contributed by atoms with Crippen LogP contribution < -0.4 is 5.32 Å². The van der Waals surface area contributed by atoms with Gasteiger partial charge in [0.15, 0.2) is 0 Å². The van der Waals surface area contributed by atoms with Crippen molar-refractivity contribution in [3.8, 4) is 0 Å². The third-order valence-electron chi connectivity index (χ3n) is 2.56. The van der Waals surface area contributed by atoms with Gasteiger partial charge in [-0.15, -0.1) is 0 Å². The normalized spacial score (nSPS) is 16.1. The molecule has 0 bridgehead atoms. The molecule has 0 aliphatic rings. The summed E-state index contributed by atoms with van der Waals surface area (Å²) < 4.78 is 5.04. The maximum atomic E-state index is 11.6. The van der Waals surface area contributed by atoms with Gasteiger partial charge in [-0.2, -0.15) is 0 Å². The Morgan fingerprint density at radius 3 is 2.36 bits per heavy atom. The molecule has 0 saturated heterocycles. The van der Waals surface area contributed by atoms with Gasteiger partial charge in [-0.1, -0.05) is 6.92 Å². The predicted molar refractivity (Wildman–Crippen MR) is 54.9 cm³/mol. The molecular weight excluding hydrogens is 182 g/mol. The molecule has 0 aliphatic carbocycles. The number of methoxy groups -OCH3 is 1. The first-order valence-electron chi connectivity index (χ1n) is 4.82. The molecule has 0 spiro atoms. The average Bonchev–Trinajstić information content (AvgIpc) is 2.16. The zero-order chi connectivity index (χ0) is 11.4. The molecule has 14 heavy (non-hydrogen) atoms. The van der Waals surface area contributed by atoms with E-state index in [1.54, 1.807) is 13.8 Å². The fourth-order valence-electron chi connectivity index (χ4n) is 0.774. The van der Waals surface area contributed by atoms with Crippen LogP contribution in [0.5, 0.6) is 0 Å². The summed E-state index contributed by atoms with van der Waals surface area (Å²) in [5.41, 5.74) is -0.816. The number of aliphatic hydroxyl groups excluding tert-OH is 1. The molecule has 0 aromatic carbocycles. The number of carbonyl (C=O) groups excluding carboxylic acids is 1. The molecule has 0 aliphatic heterocycles. The number of rotatable bonds is 5. The minimum absolute atomic E-state index is 0.0478. The van der Waals surface area contributed by atoms with E-state index in [1.165, 1.54) is 7.11 Å². The lowest BCUT2D eigenvalue weighted by molar-refractivity contribution is -0.140. The molecule has 4 heteroatoms. The summed E-state index contributed by atoms with van der Waals surface area (Å²) in [5, 5.41) is 11.7. The van der Waals surface area contributed by atoms with Gasteiger partial charge in [0.1, 0.15) is 5.60 Å². The molecule has 0 saturated carbocycles. The second kappa shape index (κ2) is 5.32. The van der Waals surface area contributed by atoms with Gasteiger partial charge in [0.2, 0.25) is 0 Å². The van der Waals surface area contributed by atoms with Crippen molar-refractivity contribution in [2.24, 2.45) is 5.92 Å². The maximum absolute atomic E-state index is 11.6. The van der Waals surface area contributed by atoms with Gasteiger partial charge >= 0.3 is 0 Å². The molecule has 4 nitrogen and oxygen atoms in total. The first-order chi connectivity index (χ1) is 6.35. The van der Waals surface area contributed by atoms with Crippen LogP contribution in [0.3, 0.4) is 0 Å². The zero-order valence-electron chi connectivity index (χ0n) is 9.63. The second-order valence-electron chi connectivity index (χ2n) is 4.14. The molecular formula is C10H21NO3. The molecule has 0 heterocycles. The van der Waals surface area contributed by atoms with Gasteiger partial charge in [-0.05, 0) is 26.7 Å². The number of amides is 1. The highest BCUT2D eigenvalue weighted by molar-refractivity contribution is 5.84. The Kier molecular flexibility index (Phi) is 5.08. The monoisotopic (exact) mass is 203 g/mol. The summed E-state index contributed by atoms with van der Waals surface area (Å²) in [7, 11) is 1.50.